The summed E-state index contributed by atoms with van der Waals surface area (Å²) < 4.78 is 31.2. The summed E-state index contributed by atoms with van der Waals surface area (Å²) >= 11 is 0. The van der Waals surface area contributed by atoms with Crippen molar-refractivity contribution in [1.29, 1.82) is 0 Å². The van der Waals surface area contributed by atoms with Crippen molar-refractivity contribution in [1.82, 2.24) is 35.8 Å². The fourth-order valence-electron chi connectivity index (χ4n) is 6.57. The molecule has 6 amide bonds. The molecule has 2 fully saturated rings. The molecule has 0 radical (unpaired) electrons. The van der Waals surface area contributed by atoms with Crippen molar-refractivity contribution in [3.8, 4) is 5.75 Å². The lowest BCUT2D eigenvalue weighted by Gasteiger charge is -2.27. The second-order valence-corrected chi connectivity index (χ2v) is 14.4. The molecule has 2 atom stereocenters. The number of pyridine rings is 3. The number of anilines is 3. The van der Waals surface area contributed by atoms with Crippen LogP contribution in [0, 0.1) is 0 Å². The van der Waals surface area contributed by atoms with Crippen LogP contribution in [-0.4, -0.2) is 120 Å². The van der Waals surface area contributed by atoms with Crippen LogP contribution in [0.25, 0.3) is 10.9 Å². The summed E-state index contributed by atoms with van der Waals surface area (Å²) in [5.41, 5.74) is 1.68. The molecule has 3 aromatic heterocycles. The first-order valence-electron chi connectivity index (χ1n) is 19.7. The highest BCUT2D eigenvalue weighted by Crippen LogP contribution is 2.34. The number of hydrogen-bond donors (Lipinski definition) is 5. The van der Waals surface area contributed by atoms with Gasteiger partial charge in [-0.25, -0.2) is 14.4 Å². The number of nitrogens with zero attached hydrogens (tertiary/aromatic N) is 4. The molecule has 5 heterocycles. The summed E-state index contributed by atoms with van der Waals surface area (Å²) in [6, 6.07) is 10.8. The van der Waals surface area contributed by atoms with Gasteiger partial charge in [0.25, 0.3) is 23.6 Å². The fraction of sp³-hybridized carbons (Fsp3) is 0.390. The number of halogens is 1. The highest BCUT2D eigenvalue weighted by atomic mass is 19.1. The average molecular weight is 826 g/mol. The number of benzene rings is 1. The maximum absolute atomic E-state index is 14.6. The summed E-state index contributed by atoms with van der Waals surface area (Å²) in [7, 11) is 0. The van der Waals surface area contributed by atoms with Crippen molar-refractivity contribution >= 4 is 63.7 Å². The summed E-state index contributed by atoms with van der Waals surface area (Å²) in [6.45, 7) is 0.387. The van der Waals surface area contributed by atoms with E-state index in [0.717, 1.165) is 28.6 Å². The summed E-state index contributed by atoms with van der Waals surface area (Å²) in [6.07, 6.45) is 6.44. The Labute approximate surface area is 343 Å². The molecule has 18 nitrogen and oxygen atoms in total. The number of piperidine rings is 1. The van der Waals surface area contributed by atoms with Gasteiger partial charge in [0, 0.05) is 68.9 Å². The van der Waals surface area contributed by atoms with E-state index in [1.807, 2.05) is 18.2 Å². The standard InChI is InChI=1S/C41H44FN9O9/c42-25(20-46-38(54)28-21-45-34(18-30(28)47-26-7-8-26)49-33-10-6-24-19-43-14-12-29(24)48-33)22-59-17-3-16-58-15-2-13-44-36(53)23-60-32-5-1-4-27-37(32)41(57)51(40(27)56)31-9-11-35(52)50-39(31)55/h1,4-6,10,12,14,18-19,21,25-26,31H,2-3,7-9,11,13,15-17,20,22-23H2,(H,44,53)(H,46,54)(H,50,52,55)(H2,45,47,48,49). The van der Waals surface area contributed by atoms with E-state index in [1.165, 1.54) is 24.4 Å². The number of imide groups is 2. The van der Waals surface area contributed by atoms with Crippen molar-refractivity contribution in [2.75, 3.05) is 56.8 Å². The van der Waals surface area contributed by atoms with Crippen LogP contribution in [0.15, 0.2) is 61.1 Å². The highest BCUT2D eigenvalue weighted by Gasteiger charge is 2.46. The van der Waals surface area contributed by atoms with Gasteiger partial charge < -0.3 is 35.5 Å². The van der Waals surface area contributed by atoms with Gasteiger partial charge in [-0.3, -0.25) is 44.0 Å². The van der Waals surface area contributed by atoms with Crippen LogP contribution in [0.1, 0.15) is 69.6 Å². The minimum absolute atomic E-state index is 0.00169. The number of amides is 6. The van der Waals surface area contributed by atoms with Crippen molar-refractivity contribution < 1.29 is 47.4 Å². The third kappa shape index (κ3) is 10.5. The van der Waals surface area contributed by atoms with Crippen LogP contribution in [0.2, 0.25) is 0 Å². The molecule has 1 saturated heterocycles. The minimum atomic E-state index is -1.43. The van der Waals surface area contributed by atoms with E-state index in [2.05, 4.69) is 41.5 Å². The predicted molar refractivity (Wildman–Crippen MR) is 213 cm³/mol. The van der Waals surface area contributed by atoms with Crippen molar-refractivity contribution in [3.05, 3.63) is 77.7 Å². The largest absolute Gasteiger partial charge is 0.483 e. The molecule has 1 aromatic carbocycles. The Hall–Kier alpha value is -6.60. The molecular weight excluding hydrogens is 782 g/mol. The number of carbonyl (C=O) groups is 6. The number of rotatable bonds is 21. The number of alkyl halides is 1. The zero-order chi connectivity index (χ0) is 42.0. The maximum atomic E-state index is 14.6. The van der Waals surface area contributed by atoms with Crippen molar-refractivity contribution in [2.45, 2.75) is 56.8 Å². The molecule has 5 N–H and O–H groups in total. The van der Waals surface area contributed by atoms with Gasteiger partial charge in [0.1, 0.15) is 29.6 Å². The summed E-state index contributed by atoms with van der Waals surface area (Å²) in [5.74, 6) is -2.38. The number of fused-ring (bicyclic) bond motifs is 2. The van der Waals surface area contributed by atoms with Crippen LogP contribution in [0.4, 0.5) is 21.7 Å². The SMILES string of the molecule is O=C(COc1cccc2c1C(=O)N(C1CCC(=O)NC1=O)C2=O)NCCCOCCCOCC(F)CNC(=O)c1cnc(Nc2ccc3cnccc3n2)cc1NC1CC1. The van der Waals surface area contributed by atoms with E-state index in [1.54, 1.807) is 18.5 Å². The molecule has 2 unspecified atom stereocenters. The molecule has 1 aliphatic carbocycles. The van der Waals surface area contributed by atoms with E-state index < -0.39 is 54.3 Å². The first-order chi connectivity index (χ1) is 29.1. The third-order valence-corrected chi connectivity index (χ3v) is 9.77. The topological polar surface area (TPSA) is 232 Å². The lowest BCUT2D eigenvalue weighted by Crippen LogP contribution is -2.54. The summed E-state index contributed by atoms with van der Waals surface area (Å²) in [5, 5.41) is 14.9. The Morgan fingerprint density at radius 3 is 2.60 bits per heavy atom. The van der Waals surface area contributed by atoms with E-state index in [0.29, 0.717) is 48.9 Å². The molecule has 19 heteroatoms. The van der Waals surface area contributed by atoms with Gasteiger partial charge in [-0.05, 0) is 62.4 Å². The monoisotopic (exact) mass is 825 g/mol. The van der Waals surface area contributed by atoms with E-state index in [9.17, 15) is 33.2 Å². The van der Waals surface area contributed by atoms with Crippen molar-refractivity contribution in [3.63, 3.8) is 0 Å². The second-order valence-electron chi connectivity index (χ2n) is 14.4. The number of aromatic nitrogens is 3. The smallest absolute Gasteiger partial charge is 0.266 e. The van der Waals surface area contributed by atoms with Gasteiger partial charge in [0.15, 0.2) is 6.61 Å². The Balaban J connectivity index is 0.742. The van der Waals surface area contributed by atoms with E-state index in [-0.39, 0.29) is 62.1 Å². The average Bonchev–Trinajstić information content (AvgIpc) is 4.03. The number of carbonyl (C=O) groups excluding carboxylic acids is 6. The number of hydrogen-bond acceptors (Lipinski definition) is 14. The predicted octanol–water partition coefficient (Wildman–Crippen LogP) is 2.82. The van der Waals surface area contributed by atoms with Gasteiger partial charge in [0.05, 0.1) is 41.0 Å². The normalized spacial score (nSPS) is 16.6. The first kappa shape index (κ1) is 41.6. The van der Waals surface area contributed by atoms with Crippen LogP contribution < -0.4 is 31.3 Å². The molecule has 0 bridgehead atoms. The Morgan fingerprint density at radius 1 is 0.933 bits per heavy atom. The molecule has 1 saturated carbocycles. The first-order valence-corrected chi connectivity index (χ1v) is 19.7. The van der Waals surface area contributed by atoms with Crippen LogP contribution in [0.3, 0.4) is 0 Å². The molecule has 7 rings (SSSR count). The zero-order valence-corrected chi connectivity index (χ0v) is 32.5. The van der Waals surface area contributed by atoms with Gasteiger partial charge in [-0.15, -0.1) is 0 Å². The molecular formula is C41H44FN9O9. The lowest BCUT2D eigenvalue weighted by molar-refractivity contribution is -0.136. The zero-order valence-electron chi connectivity index (χ0n) is 32.5. The highest BCUT2D eigenvalue weighted by molar-refractivity contribution is 6.24. The number of ether oxygens (including phenoxy) is 3. The van der Waals surface area contributed by atoms with Gasteiger partial charge in [-0.2, -0.15) is 0 Å². The molecule has 0 spiro atoms. The molecule has 2 aliphatic heterocycles. The number of nitrogens with one attached hydrogen (secondary N) is 5. The van der Waals surface area contributed by atoms with Gasteiger partial charge >= 0.3 is 0 Å². The Bertz CT molecular complexity index is 2270. The van der Waals surface area contributed by atoms with Crippen molar-refractivity contribution in [2.24, 2.45) is 0 Å². The lowest BCUT2D eigenvalue weighted by atomic mass is 10.0. The maximum Gasteiger partial charge on any atom is 0.266 e. The second kappa shape index (κ2) is 19.4. The van der Waals surface area contributed by atoms with Gasteiger partial charge in [-0.1, -0.05) is 6.07 Å². The third-order valence-electron chi connectivity index (χ3n) is 9.77. The quantitative estimate of drug-likeness (QED) is 0.0601. The Kier molecular flexibility index (Phi) is 13.5. The Morgan fingerprint density at radius 2 is 1.77 bits per heavy atom. The van der Waals surface area contributed by atoms with E-state index >= 15 is 0 Å². The van der Waals surface area contributed by atoms with E-state index in [4.69, 9.17) is 14.2 Å². The van der Waals surface area contributed by atoms with Gasteiger partial charge in [0.2, 0.25) is 11.8 Å². The van der Waals surface area contributed by atoms with Crippen LogP contribution in [0.5, 0.6) is 5.75 Å². The summed E-state index contributed by atoms with van der Waals surface area (Å²) in [4.78, 5) is 89.4. The van der Waals surface area contributed by atoms with Crippen LogP contribution in [-0.2, 0) is 23.9 Å². The molecule has 3 aliphatic rings. The fourth-order valence-corrected chi connectivity index (χ4v) is 6.57. The molecule has 60 heavy (non-hydrogen) atoms. The molecule has 314 valence electrons. The minimum Gasteiger partial charge on any atom is -0.483 e. The van der Waals surface area contributed by atoms with Crippen LogP contribution >= 0.6 is 0 Å². The molecule has 4 aromatic rings.